The van der Waals surface area contributed by atoms with Gasteiger partial charge in [0, 0.05) is 37.1 Å². The molecule has 0 saturated carbocycles. The number of benzene rings is 4. The first-order chi connectivity index (χ1) is 24.5. The number of ether oxygens (including phenoxy) is 2. The highest BCUT2D eigenvalue weighted by atomic mass is 32.2. The zero-order valence-electron chi connectivity index (χ0n) is 27.2. The van der Waals surface area contributed by atoms with Crippen molar-refractivity contribution in [1.29, 1.82) is 0 Å². The Bertz CT molecular complexity index is 1850. The number of aliphatic hydroxyl groups excluding tert-OH is 1. The Morgan fingerprint density at radius 3 is 2.36 bits per heavy atom. The Morgan fingerprint density at radius 1 is 0.840 bits per heavy atom. The summed E-state index contributed by atoms with van der Waals surface area (Å²) in [5.74, 6) is -0.0615. The molecule has 6 rings (SSSR count). The van der Waals surface area contributed by atoms with Crippen LogP contribution in [0.4, 0.5) is 0 Å². The van der Waals surface area contributed by atoms with Crippen molar-refractivity contribution in [2.75, 3.05) is 5.75 Å². The maximum atomic E-state index is 12.2. The lowest BCUT2D eigenvalue weighted by Crippen LogP contribution is -2.31. The van der Waals surface area contributed by atoms with Gasteiger partial charge in [-0.3, -0.25) is 14.8 Å². The fourth-order valence-corrected chi connectivity index (χ4v) is 6.55. The minimum absolute atomic E-state index is 0.0236. The van der Waals surface area contributed by atoms with Crippen LogP contribution in [0.25, 0.3) is 16.8 Å². The van der Waals surface area contributed by atoms with E-state index in [0.29, 0.717) is 30.3 Å². The van der Waals surface area contributed by atoms with E-state index in [0.717, 1.165) is 39.1 Å². The standard InChI is InChI=1S/C37H38N6O6S/c44-23-25-12-14-28(15-13-25)33-21-32(24-50-37-39-41-42-43(37)31-8-2-1-3-9-31)48-36(49-33)29-18-16-27(17-19-29)30-7-4-6-26(20-30)22-38-34(45)10-5-11-35(46)40-47/h1-4,6-9,12-20,32-33,36,44,47H,5,10-11,21-24H2,(H,38,45)(H,40,46). The summed E-state index contributed by atoms with van der Waals surface area (Å²) < 4.78 is 14.8. The monoisotopic (exact) mass is 694 g/mol. The molecule has 1 saturated heterocycles. The van der Waals surface area contributed by atoms with Crippen molar-refractivity contribution in [3.05, 3.63) is 125 Å². The fourth-order valence-electron chi connectivity index (χ4n) is 5.64. The topological polar surface area (TPSA) is 161 Å². The van der Waals surface area contributed by atoms with Gasteiger partial charge in [0.1, 0.15) is 0 Å². The van der Waals surface area contributed by atoms with Gasteiger partial charge >= 0.3 is 0 Å². The van der Waals surface area contributed by atoms with Crippen molar-refractivity contribution in [3.8, 4) is 16.8 Å². The molecule has 1 aliphatic heterocycles. The zero-order valence-corrected chi connectivity index (χ0v) is 28.0. The normalized spacial score (nSPS) is 17.3. The molecule has 0 aliphatic carbocycles. The highest BCUT2D eigenvalue weighted by molar-refractivity contribution is 7.99. The maximum absolute atomic E-state index is 12.2. The number of rotatable bonds is 14. The number of para-hydroxylation sites is 1. The first kappa shape index (κ1) is 34.9. The van der Waals surface area contributed by atoms with Crippen LogP contribution in [0.3, 0.4) is 0 Å². The smallest absolute Gasteiger partial charge is 0.243 e. The molecule has 4 N–H and O–H groups in total. The molecule has 50 heavy (non-hydrogen) atoms. The maximum Gasteiger partial charge on any atom is 0.243 e. The van der Waals surface area contributed by atoms with E-state index in [9.17, 15) is 14.7 Å². The number of aliphatic hydroxyl groups is 1. The van der Waals surface area contributed by atoms with Crippen LogP contribution in [0.5, 0.6) is 0 Å². The Morgan fingerprint density at radius 2 is 1.60 bits per heavy atom. The number of hydroxylamine groups is 1. The van der Waals surface area contributed by atoms with Gasteiger partial charge in [0.25, 0.3) is 0 Å². The van der Waals surface area contributed by atoms with Crippen molar-refractivity contribution < 1.29 is 29.4 Å². The van der Waals surface area contributed by atoms with E-state index in [1.165, 1.54) is 11.8 Å². The molecule has 1 fully saturated rings. The Labute approximate surface area is 293 Å². The molecule has 3 unspecified atom stereocenters. The van der Waals surface area contributed by atoms with Crippen LogP contribution in [0.1, 0.15) is 60.3 Å². The van der Waals surface area contributed by atoms with Crippen molar-refractivity contribution in [3.63, 3.8) is 0 Å². The largest absolute Gasteiger partial charge is 0.392 e. The van der Waals surface area contributed by atoms with Gasteiger partial charge in [-0.1, -0.05) is 96.7 Å². The van der Waals surface area contributed by atoms with Gasteiger partial charge in [0.2, 0.25) is 17.0 Å². The number of aromatic nitrogens is 4. The molecular formula is C37H38N6O6S. The van der Waals surface area contributed by atoms with Crippen LogP contribution in [-0.2, 0) is 32.2 Å². The van der Waals surface area contributed by atoms with Crippen molar-refractivity contribution in [2.45, 2.75) is 62.5 Å². The highest BCUT2D eigenvalue weighted by Gasteiger charge is 2.32. The van der Waals surface area contributed by atoms with E-state index in [2.05, 4.69) is 20.8 Å². The van der Waals surface area contributed by atoms with E-state index < -0.39 is 12.2 Å². The Hall–Kier alpha value is -4.92. The van der Waals surface area contributed by atoms with Crippen LogP contribution in [0.2, 0.25) is 0 Å². The van der Waals surface area contributed by atoms with Crippen molar-refractivity contribution in [2.24, 2.45) is 0 Å². The molecule has 5 aromatic rings. The lowest BCUT2D eigenvalue weighted by molar-refractivity contribution is -0.245. The highest BCUT2D eigenvalue weighted by Crippen LogP contribution is 2.40. The molecule has 2 heterocycles. The first-order valence-corrected chi connectivity index (χ1v) is 17.3. The third-order valence-electron chi connectivity index (χ3n) is 8.32. The molecule has 0 radical (unpaired) electrons. The van der Waals surface area contributed by atoms with Gasteiger partial charge in [-0.2, -0.15) is 4.68 Å². The van der Waals surface area contributed by atoms with Crippen LogP contribution in [0, 0.1) is 0 Å². The molecule has 258 valence electrons. The summed E-state index contributed by atoms with van der Waals surface area (Å²) in [4.78, 5) is 23.4. The lowest BCUT2D eigenvalue weighted by atomic mass is 9.99. The van der Waals surface area contributed by atoms with Gasteiger partial charge in [0.15, 0.2) is 6.29 Å². The second-order valence-corrected chi connectivity index (χ2v) is 12.8. The SMILES string of the molecule is O=C(CCCC(=O)NCc1cccc(-c2ccc(C3OC(CSc4nnnn4-c4ccccc4)CC(c4ccc(CO)cc4)O3)cc2)c1)NO. The average molecular weight is 695 g/mol. The van der Waals surface area contributed by atoms with Gasteiger partial charge in [-0.15, -0.1) is 5.10 Å². The van der Waals surface area contributed by atoms with E-state index >= 15 is 0 Å². The Kier molecular flexibility index (Phi) is 12.0. The third-order valence-corrected chi connectivity index (χ3v) is 9.37. The molecule has 13 heteroatoms. The molecule has 3 atom stereocenters. The van der Waals surface area contributed by atoms with E-state index in [1.54, 1.807) is 10.2 Å². The number of tetrazole rings is 1. The number of hydrogen-bond acceptors (Lipinski definition) is 10. The predicted octanol–water partition coefficient (Wildman–Crippen LogP) is 5.45. The number of nitrogens with zero attached hydrogens (tertiary/aromatic N) is 4. The molecule has 12 nitrogen and oxygen atoms in total. The summed E-state index contributed by atoms with van der Waals surface area (Å²) in [6.07, 6.45) is 0.261. The number of hydrogen-bond donors (Lipinski definition) is 4. The zero-order chi connectivity index (χ0) is 34.7. The molecule has 0 spiro atoms. The summed E-state index contributed by atoms with van der Waals surface area (Å²) in [6, 6.07) is 33.6. The fraction of sp³-hybridized carbons (Fsp3) is 0.270. The number of carbonyl (C=O) groups is 2. The summed E-state index contributed by atoms with van der Waals surface area (Å²) in [5.41, 5.74) is 8.13. The second-order valence-electron chi connectivity index (χ2n) is 11.9. The number of nitrogens with one attached hydrogen (secondary N) is 2. The van der Waals surface area contributed by atoms with E-state index in [4.69, 9.17) is 14.7 Å². The summed E-state index contributed by atoms with van der Waals surface area (Å²) in [5, 5.41) is 34.0. The van der Waals surface area contributed by atoms with Crippen LogP contribution in [0.15, 0.2) is 108 Å². The number of thioether (sulfide) groups is 1. The Balaban J connectivity index is 1.13. The molecule has 0 bridgehead atoms. The van der Waals surface area contributed by atoms with Crippen LogP contribution < -0.4 is 10.8 Å². The van der Waals surface area contributed by atoms with Gasteiger partial charge in [-0.25, -0.2) is 5.48 Å². The first-order valence-electron chi connectivity index (χ1n) is 16.3. The van der Waals surface area contributed by atoms with Crippen LogP contribution in [-0.4, -0.2) is 54.2 Å². The summed E-state index contributed by atoms with van der Waals surface area (Å²) in [7, 11) is 0. The summed E-state index contributed by atoms with van der Waals surface area (Å²) in [6.45, 7) is 0.336. The van der Waals surface area contributed by atoms with Gasteiger partial charge < -0.3 is 19.9 Å². The van der Waals surface area contributed by atoms with E-state index in [1.807, 2.05) is 103 Å². The minimum atomic E-state index is -0.610. The number of carbonyl (C=O) groups excluding carboxylic acids is 2. The predicted molar refractivity (Wildman–Crippen MR) is 186 cm³/mol. The average Bonchev–Trinajstić information content (AvgIpc) is 3.65. The quantitative estimate of drug-likeness (QED) is 0.0669. The summed E-state index contributed by atoms with van der Waals surface area (Å²) >= 11 is 1.53. The van der Waals surface area contributed by atoms with Gasteiger partial charge in [-0.05, 0) is 62.9 Å². The lowest BCUT2D eigenvalue weighted by Gasteiger charge is -2.36. The van der Waals surface area contributed by atoms with E-state index in [-0.39, 0.29) is 37.6 Å². The minimum Gasteiger partial charge on any atom is -0.392 e. The molecule has 4 aromatic carbocycles. The number of amides is 2. The molecular weight excluding hydrogens is 657 g/mol. The molecule has 1 aromatic heterocycles. The second kappa shape index (κ2) is 17.1. The molecule has 1 aliphatic rings. The third kappa shape index (κ3) is 9.20. The van der Waals surface area contributed by atoms with Gasteiger partial charge in [0.05, 0.1) is 24.5 Å². The molecule has 2 amide bonds. The van der Waals surface area contributed by atoms with Crippen molar-refractivity contribution >= 4 is 23.6 Å². The van der Waals surface area contributed by atoms with Crippen LogP contribution >= 0.6 is 11.8 Å². The van der Waals surface area contributed by atoms with Crippen molar-refractivity contribution in [1.82, 2.24) is 31.0 Å².